The van der Waals surface area contributed by atoms with E-state index in [0.29, 0.717) is 10.7 Å². The van der Waals surface area contributed by atoms with E-state index in [9.17, 15) is 8.42 Å². The van der Waals surface area contributed by atoms with E-state index < -0.39 is 10.0 Å². The number of aromatic nitrogens is 2. The van der Waals surface area contributed by atoms with E-state index in [1.54, 1.807) is 35.1 Å². The standard InChI is InChI=1S/C18H18BrClN4O2S/c1-23(2)15-9-12(18-17(19)11-21-24(18)3)8-14(10-15)22-27(25,26)16-6-4-13(20)5-7-16/h4-11,22H,1-3H3. The first-order valence-electron chi connectivity index (χ1n) is 7.96. The van der Waals surface area contributed by atoms with Crippen LogP contribution in [0.4, 0.5) is 11.4 Å². The van der Waals surface area contributed by atoms with Crippen LogP contribution in [0.5, 0.6) is 0 Å². The van der Waals surface area contributed by atoms with E-state index in [1.807, 2.05) is 32.1 Å². The van der Waals surface area contributed by atoms with Crippen molar-refractivity contribution in [2.75, 3.05) is 23.7 Å². The lowest BCUT2D eigenvalue weighted by Crippen LogP contribution is -2.14. The molecule has 0 fully saturated rings. The Morgan fingerprint density at radius 1 is 1.15 bits per heavy atom. The van der Waals surface area contributed by atoms with Crippen LogP contribution in [0.3, 0.4) is 0 Å². The maximum Gasteiger partial charge on any atom is 0.261 e. The van der Waals surface area contributed by atoms with Crippen molar-refractivity contribution in [3.05, 3.63) is 58.2 Å². The molecule has 1 heterocycles. The zero-order valence-electron chi connectivity index (χ0n) is 14.9. The van der Waals surface area contributed by atoms with Gasteiger partial charge in [0.25, 0.3) is 10.0 Å². The molecule has 3 aromatic rings. The van der Waals surface area contributed by atoms with Crippen molar-refractivity contribution < 1.29 is 8.42 Å². The number of hydrogen-bond donors (Lipinski definition) is 1. The van der Waals surface area contributed by atoms with Gasteiger partial charge in [-0.2, -0.15) is 5.10 Å². The number of aryl methyl sites for hydroxylation is 1. The largest absolute Gasteiger partial charge is 0.378 e. The molecule has 1 aromatic heterocycles. The Labute approximate surface area is 171 Å². The predicted molar refractivity (Wildman–Crippen MR) is 113 cm³/mol. The van der Waals surface area contributed by atoms with E-state index in [2.05, 4.69) is 25.8 Å². The van der Waals surface area contributed by atoms with E-state index in [4.69, 9.17) is 11.6 Å². The van der Waals surface area contributed by atoms with Crippen molar-refractivity contribution in [3.63, 3.8) is 0 Å². The second kappa shape index (κ2) is 7.53. The lowest BCUT2D eigenvalue weighted by atomic mass is 10.1. The first-order chi connectivity index (χ1) is 12.7. The molecule has 0 bridgehead atoms. The molecule has 0 saturated heterocycles. The quantitative estimate of drug-likeness (QED) is 0.602. The van der Waals surface area contributed by atoms with Gasteiger partial charge >= 0.3 is 0 Å². The minimum absolute atomic E-state index is 0.144. The first kappa shape index (κ1) is 19.7. The molecule has 1 N–H and O–H groups in total. The monoisotopic (exact) mass is 468 g/mol. The fourth-order valence-electron chi connectivity index (χ4n) is 2.63. The zero-order chi connectivity index (χ0) is 19.8. The number of sulfonamides is 1. The molecule has 3 rings (SSSR count). The molecule has 0 aliphatic heterocycles. The van der Waals surface area contributed by atoms with Crippen LogP contribution in [0.15, 0.2) is 58.0 Å². The fourth-order valence-corrected chi connectivity index (χ4v) is 4.37. The summed E-state index contributed by atoms with van der Waals surface area (Å²) >= 11 is 9.35. The second-order valence-corrected chi connectivity index (χ2v) is 9.16. The number of hydrogen-bond acceptors (Lipinski definition) is 4. The highest BCUT2D eigenvalue weighted by molar-refractivity contribution is 9.10. The average molecular weight is 470 g/mol. The number of nitrogens with zero attached hydrogens (tertiary/aromatic N) is 3. The van der Waals surface area contributed by atoms with Crippen LogP contribution < -0.4 is 9.62 Å². The molecule has 0 aliphatic carbocycles. The summed E-state index contributed by atoms with van der Waals surface area (Å²) in [7, 11) is 1.89. The van der Waals surface area contributed by atoms with Crippen molar-refractivity contribution in [2.24, 2.45) is 7.05 Å². The Morgan fingerprint density at radius 2 is 1.81 bits per heavy atom. The Morgan fingerprint density at radius 3 is 2.37 bits per heavy atom. The van der Waals surface area contributed by atoms with Crippen molar-refractivity contribution >= 4 is 48.9 Å². The van der Waals surface area contributed by atoms with Gasteiger partial charge in [-0.05, 0) is 58.4 Å². The third-order valence-electron chi connectivity index (χ3n) is 3.98. The molecule has 27 heavy (non-hydrogen) atoms. The molecule has 2 aromatic carbocycles. The zero-order valence-corrected chi connectivity index (χ0v) is 18.1. The Bertz CT molecular complexity index is 1060. The van der Waals surface area contributed by atoms with Gasteiger partial charge in [-0.15, -0.1) is 0 Å². The van der Waals surface area contributed by atoms with Gasteiger partial charge in [0.15, 0.2) is 0 Å². The third-order valence-corrected chi connectivity index (χ3v) is 6.21. The summed E-state index contributed by atoms with van der Waals surface area (Å²) < 4.78 is 30.7. The summed E-state index contributed by atoms with van der Waals surface area (Å²) in [4.78, 5) is 2.05. The number of halogens is 2. The molecule has 0 spiro atoms. The maximum absolute atomic E-state index is 12.7. The minimum Gasteiger partial charge on any atom is -0.378 e. The summed E-state index contributed by atoms with van der Waals surface area (Å²) in [5.74, 6) is 0. The van der Waals surface area contributed by atoms with Crippen LogP contribution in [-0.4, -0.2) is 32.3 Å². The number of nitrogens with one attached hydrogen (secondary N) is 1. The van der Waals surface area contributed by atoms with Gasteiger partial charge in [-0.25, -0.2) is 8.42 Å². The van der Waals surface area contributed by atoms with Gasteiger partial charge in [0.05, 0.1) is 26.9 Å². The van der Waals surface area contributed by atoms with Gasteiger partial charge in [0.2, 0.25) is 0 Å². The summed E-state index contributed by atoms with van der Waals surface area (Å²) in [6.45, 7) is 0. The predicted octanol–water partition coefficient (Wildman–Crippen LogP) is 4.37. The number of anilines is 2. The van der Waals surface area contributed by atoms with Crippen LogP contribution in [0, 0.1) is 0 Å². The Balaban J connectivity index is 2.06. The molecule has 6 nitrogen and oxygen atoms in total. The molecular weight excluding hydrogens is 452 g/mol. The molecule has 9 heteroatoms. The first-order valence-corrected chi connectivity index (χ1v) is 10.6. The average Bonchev–Trinajstić information content (AvgIpc) is 2.93. The van der Waals surface area contributed by atoms with Gasteiger partial charge in [-0.1, -0.05) is 11.6 Å². The summed E-state index contributed by atoms with van der Waals surface area (Å²) in [5, 5.41) is 4.71. The molecule has 0 amide bonds. The molecule has 0 aliphatic rings. The molecule has 0 radical (unpaired) electrons. The maximum atomic E-state index is 12.7. The van der Waals surface area contributed by atoms with Crippen LogP contribution in [0.2, 0.25) is 5.02 Å². The summed E-state index contributed by atoms with van der Waals surface area (Å²) in [5.41, 5.74) is 3.00. The molecule has 0 atom stereocenters. The van der Waals surface area contributed by atoms with Crippen molar-refractivity contribution in [3.8, 4) is 11.3 Å². The van der Waals surface area contributed by atoms with Crippen molar-refractivity contribution in [1.29, 1.82) is 0 Å². The van der Waals surface area contributed by atoms with Crippen LogP contribution in [0.1, 0.15) is 0 Å². The smallest absolute Gasteiger partial charge is 0.261 e. The topological polar surface area (TPSA) is 67.2 Å². The number of benzene rings is 2. The van der Waals surface area contributed by atoms with Gasteiger partial charge < -0.3 is 4.90 Å². The van der Waals surface area contributed by atoms with Crippen molar-refractivity contribution in [1.82, 2.24) is 9.78 Å². The van der Waals surface area contributed by atoms with Crippen LogP contribution in [0.25, 0.3) is 11.3 Å². The van der Waals surface area contributed by atoms with E-state index >= 15 is 0 Å². The van der Waals surface area contributed by atoms with Crippen LogP contribution in [-0.2, 0) is 17.1 Å². The van der Waals surface area contributed by atoms with E-state index in [0.717, 1.165) is 21.4 Å². The lowest BCUT2D eigenvalue weighted by molar-refractivity contribution is 0.601. The normalized spacial score (nSPS) is 11.4. The molecule has 0 saturated carbocycles. The van der Waals surface area contributed by atoms with E-state index in [-0.39, 0.29) is 4.90 Å². The second-order valence-electron chi connectivity index (χ2n) is 6.19. The third kappa shape index (κ3) is 4.28. The number of rotatable bonds is 5. The molecule has 142 valence electrons. The fraction of sp³-hybridized carbons (Fsp3) is 0.167. The summed E-state index contributed by atoms with van der Waals surface area (Å²) in [6.07, 6.45) is 1.70. The lowest BCUT2D eigenvalue weighted by Gasteiger charge is -2.17. The van der Waals surface area contributed by atoms with E-state index in [1.165, 1.54) is 12.1 Å². The van der Waals surface area contributed by atoms with Crippen LogP contribution >= 0.6 is 27.5 Å². The SMILES string of the molecule is CN(C)c1cc(NS(=O)(=O)c2ccc(Cl)cc2)cc(-c2c(Br)cnn2C)c1. The van der Waals surface area contributed by atoms with Gasteiger partial charge in [0, 0.05) is 37.4 Å². The summed E-state index contributed by atoms with van der Waals surface area (Å²) in [6, 6.07) is 11.6. The Kier molecular flexibility index (Phi) is 5.50. The van der Waals surface area contributed by atoms with Crippen molar-refractivity contribution in [2.45, 2.75) is 4.90 Å². The van der Waals surface area contributed by atoms with Gasteiger partial charge in [0.1, 0.15) is 0 Å². The minimum atomic E-state index is -3.74. The highest BCUT2D eigenvalue weighted by Gasteiger charge is 2.17. The van der Waals surface area contributed by atoms with Gasteiger partial charge in [-0.3, -0.25) is 9.40 Å². The molecule has 0 unspecified atom stereocenters. The Hall–Kier alpha value is -2.03. The highest BCUT2D eigenvalue weighted by atomic mass is 79.9. The molecular formula is C18H18BrClN4O2S. The highest BCUT2D eigenvalue weighted by Crippen LogP contribution is 2.33.